The van der Waals surface area contributed by atoms with Crippen molar-refractivity contribution in [2.45, 2.75) is 18.5 Å². The highest BCUT2D eigenvalue weighted by molar-refractivity contribution is 4.83. The summed E-state index contributed by atoms with van der Waals surface area (Å²) in [5, 5.41) is 6.85. The number of hydrogen-bond donors (Lipinski definition) is 2. The van der Waals surface area contributed by atoms with Crippen molar-refractivity contribution in [1.82, 2.24) is 10.6 Å². The molecule has 2 heterocycles. The molecule has 1 unspecified atom stereocenters. The van der Waals surface area contributed by atoms with E-state index in [-0.39, 0.29) is 0 Å². The first-order valence-corrected chi connectivity index (χ1v) is 3.99. The van der Waals surface area contributed by atoms with Crippen LogP contribution in [-0.2, 0) is 4.74 Å². The number of ether oxygens (including phenoxy) is 1. The Morgan fingerprint density at radius 3 is 2.70 bits per heavy atom. The molecule has 0 aromatic rings. The van der Waals surface area contributed by atoms with Crippen molar-refractivity contribution >= 4 is 0 Å². The van der Waals surface area contributed by atoms with Gasteiger partial charge in [-0.1, -0.05) is 0 Å². The van der Waals surface area contributed by atoms with Crippen LogP contribution in [0.1, 0.15) is 6.42 Å². The largest absolute Gasteiger partial charge is 0.378 e. The maximum Gasteiger partial charge on any atom is 0.0643 e. The Bertz CT molecular complexity index is 108. The van der Waals surface area contributed by atoms with Gasteiger partial charge in [0.05, 0.1) is 19.3 Å². The molecule has 3 nitrogen and oxygen atoms in total. The van der Waals surface area contributed by atoms with E-state index in [2.05, 4.69) is 10.6 Å². The van der Waals surface area contributed by atoms with Crippen LogP contribution in [0.3, 0.4) is 0 Å². The van der Waals surface area contributed by atoms with Gasteiger partial charge in [-0.05, 0) is 13.0 Å². The van der Waals surface area contributed by atoms with Crippen LogP contribution in [0, 0.1) is 0 Å². The van der Waals surface area contributed by atoms with Crippen LogP contribution < -0.4 is 10.6 Å². The molecule has 1 atom stereocenters. The van der Waals surface area contributed by atoms with Crippen LogP contribution in [0.5, 0.6) is 0 Å². The van der Waals surface area contributed by atoms with E-state index in [1.165, 1.54) is 13.0 Å². The van der Waals surface area contributed by atoms with Gasteiger partial charge < -0.3 is 15.4 Å². The molecule has 58 valence electrons. The monoisotopic (exact) mass is 142 g/mol. The Morgan fingerprint density at radius 2 is 2.20 bits per heavy atom. The summed E-state index contributed by atoms with van der Waals surface area (Å²) < 4.78 is 5.06. The molecule has 2 fully saturated rings. The van der Waals surface area contributed by atoms with E-state index in [4.69, 9.17) is 4.74 Å². The van der Waals surface area contributed by atoms with Gasteiger partial charge >= 0.3 is 0 Å². The maximum atomic E-state index is 5.06. The minimum atomic E-state index is 0.643. The lowest BCUT2D eigenvalue weighted by Crippen LogP contribution is -2.50. The van der Waals surface area contributed by atoms with Crippen molar-refractivity contribution in [3.05, 3.63) is 0 Å². The standard InChI is InChI=1S/C7H14N2O/c1-2-8-3-6(1)9-7-4-10-5-7/h6-9H,1-5H2. The smallest absolute Gasteiger partial charge is 0.0643 e. The van der Waals surface area contributed by atoms with Crippen LogP contribution in [0.4, 0.5) is 0 Å². The molecule has 0 aromatic heterocycles. The van der Waals surface area contributed by atoms with E-state index in [0.29, 0.717) is 12.1 Å². The highest BCUT2D eigenvalue weighted by Gasteiger charge is 2.23. The lowest BCUT2D eigenvalue weighted by Gasteiger charge is -2.29. The van der Waals surface area contributed by atoms with Gasteiger partial charge in [0, 0.05) is 12.6 Å². The second-order valence-corrected chi connectivity index (χ2v) is 3.09. The summed E-state index contributed by atoms with van der Waals surface area (Å²) >= 11 is 0. The average molecular weight is 142 g/mol. The third-order valence-electron chi connectivity index (χ3n) is 2.17. The maximum absolute atomic E-state index is 5.06. The Morgan fingerprint density at radius 1 is 1.30 bits per heavy atom. The summed E-state index contributed by atoms with van der Waals surface area (Å²) in [5.41, 5.74) is 0. The van der Waals surface area contributed by atoms with Gasteiger partial charge in [-0.3, -0.25) is 0 Å². The average Bonchev–Trinajstić information content (AvgIpc) is 2.29. The van der Waals surface area contributed by atoms with Gasteiger partial charge in [-0.2, -0.15) is 0 Å². The molecular weight excluding hydrogens is 128 g/mol. The van der Waals surface area contributed by atoms with Gasteiger partial charge in [0.15, 0.2) is 0 Å². The summed E-state index contributed by atoms with van der Waals surface area (Å²) in [6.07, 6.45) is 1.27. The third-order valence-corrected chi connectivity index (χ3v) is 2.17. The Labute approximate surface area is 61.1 Å². The van der Waals surface area contributed by atoms with Crippen molar-refractivity contribution in [2.24, 2.45) is 0 Å². The zero-order valence-corrected chi connectivity index (χ0v) is 6.10. The lowest BCUT2D eigenvalue weighted by molar-refractivity contribution is -0.00902. The Balaban J connectivity index is 1.68. The summed E-state index contributed by atoms with van der Waals surface area (Å²) in [6, 6.07) is 1.35. The minimum absolute atomic E-state index is 0.643. The summed E-state index contributed by atoms with van der Waals surface area (Å²) in [6.45, 7) is 4.13. The van der Waals surface area contributed by atoms with Crippen molar-refractivity contribution in [1.29, 1.82) is 0 Å². The zero-order chi connectivity index (χ0) is 6.81. The lowest BCUT2D eigenvalue weighted by atomic mass is 10.2. The molecule has 0 spiro atoms. The first-order chi connectivity index (χ1) is 4.95. The van der Waals surface area contributed by atoms with Crippen LogP contribution in [0.2, 0.25) is 0 Å². The van der Waals surface area contributed by atoms with Gasteiger partial charge in [-0.25, -0.2) is 0 Å². The molecule has 0 amide bonds. The van der Waals surface area contributed by atoms with Crippen LogP contribution in [0.25, 0.3) is 0 Å². The van der Waals surface area contributed by atoms with Crippen LogP contribution in [0.15, 0.2) is 0 Å². The molecule has 10 heavy (non-hydrogen) atoms. The van der Waals surface area contributed by atoms with Crippen molar-refractivity contribution in [2.75, 3.05) is 26.3 Å². The molecule has 0 aliphatic carbocycles. The Hall–Kier alpha value is -0.120. The minimum Gasteiger partial charge on any atom is -0.378 e. The predicted octanol–water partition coefficient (Wildman–Crippen LogP) is -0.663. The van der Waals surface area contributed by atoms with Gasteiger partial charge in [0.2, 0.25) is 0 Å². The van der Waals surface area contributed by atoms with Gasteiger partial charge in [0.25, 0.3) is 0 Å². The molecule has 0 saturated carbocycles. The quantitative estimate of drug-likeness (QED) is 0.537. The molecule has 2 N–H and O–H groups in total. The summed E-state index contributed by atoms with van der Waals surface area (Å²) in [7, 11) is 0. The van der Waals surface area contributed by atoms with Crippen LogP contribution in [-0.4, -0.2) is 38.4 Å². The Kier molecular flexibility index (Phi) is 1.88. The van der Waals surface area contributed by atoms with Gasteiger partial charge in [-0.15, -0.1) is 0 Å². The molecular formula is C7H14N2O. The molecule has 0 aromatic carbocycles. The van der Waals surface area contributed by atoms with E-state index < -0.39 is 0 Å². The topological polar surface area (TPSA) is 33.3 Å². The fourth-order valence-electron chi connectivity index (χ4n) is 1.46. The third kappa shape index (κ3) is 1.31. The number of nitrogens with one attached hydrogen (secondary N) is 2. The predicted molar refractivity (Wildman–Crippen MR) is 39.0 cm³/mol. The molecule has 0 bridgehead atoms. The molecule has 0 radical (unpaired) electrons. The summed E-state index contributed by atoms with van der Waals surface area (Å²) in [5.74, 6) is 0. The number of hydrogen-bond acceptors (Lipinski definition) is 3. The first kappa shape index (κ1) is 6.58. The normalized spacial score (nSPS) is 34.2. The van der Waals surface area contributed by atoms with E-state index in [1.54, 1.807) is 0 Å². The highest BCUT2D eigenvalue weighted by atomic mass is 16.5. The van der Waals surface area contributed by atoms with E-state index in [1.807, 2.05) is 0 Å². The van der Waals surface area contributed by atoms with Crippen molar-refractivity contribution in [3.8, 4) is 0 Å². The van der Waals surface area contributed by atoms with E-state index >= 15 is 0 Å². The van der Waals surface area contributed by atoms with Crippen molar-refractivity contribution < 1.29 is 4.74 Å². The molecule has 3 heteroatoms. The fourth-order valence-corrected chi connectivity index (χ4v) is 1.46. The van der Waals surface area contributed by atoms with Crippen molar-refractivity contribution in [3.63, 3.8) is 0 Å². The van der Waals surface area contributed by atoms with E-state index in [9.17, 15) is 0 Å². The second-order valence-electron chi connectivity index (χ2n) is 3.09. The molecule has 2 aliphatic rings. The first-order valence-electron chi connectivity index (χ1n) is 3.99. The fraction of sp³-hybridized carbons (Fsp3) is 1.00. The number of rotatable bonds is 2. The SMILES string of the molecule is C1CC(NC2COC2)CN1. The van der Waals surface area contributed by atoms with Crippen LogP contribution >= 0.6 is 0 Å². The zero-order valence-electron chi connectivity index (χ0n) is 6.10. The molecule has 2 saturated heterocycles. The summed E-state index contributed by atoms with van der Waals surface area (Å²) in [4.78, 5) is 0. The van der Waals surface area contributed by atoms with Gasteiger partial charge in [0.1, 0.15) is 0 Å². The highest BCUT2D eigenvalue weighted by Crippen LogP contribution is 2.04. The molecule has 2 aliphatic heterocycles. The molecule has 2 rings (SSSR count). The second kappa shape index (κ2) is 2.86. The van der Waals surface area contributed by atoms with E-state index in [0.717, 1.165) is 19.8 Å².